The van der Waals surface area contributed by atoms with Crippen LogP contribution in [0.4, 0.5) is 0 Å². The summed E-state index contributed by atoms with van der Waals surface area (Å²) < 4.78 is 0. The second-order valence-electron chi connectivity index (χ2n) is 6.61. The van der Waals surface area contributed by atoms with Crippen LogP contribution in [0.2, 0.25) is 0 Å². The average molecular weight is 354 g/mol. The summed E-state index contributed by atoms with van der Waals surface area (Å²) >= 11 is 0. The van der Waals surface area contributed by atoms with Gasteiger partial charge >= 0.3 is 11.9 Å². The molecule has 0 saturated heterocycles. The standard InChI is InChI=1S/C22H26O4/c23-21(24)15-7-13-19(17-9-3-1-4-10-17)20(14-8-16-22(25)26)18-11-5-2-6-12-18/h1-6,9-12,19-20H,7-8,13-16H2,(H,23,24)(H,25,26). The maximum absolute atomic E-state index is 10.9. The average Bonchev–Trinajstić information content (AvgIpc) is 2.64. The highest BCUT2D eigenvalue weighted by atomic mass is 16.4. The number of hydrogen-bond donors (Lipinski definition) is 2. The summed E-state index contributed by atoms with van der Waals surface area (Å²) in [6.07, 6.45) is 3.06. The molecule has 2 aromatic rings. The largest absolute Gasteiger partial charge is 0.481 e. The third-order valence-electron chi connectivity index (χ3n) is 4.75. The Morgan fingerprint density at radius 1 is 0.654 bits per heavy atom. The van der Waals surface area contributed by atoms with E-state index in [4.69, 9.17) is 10.2 Å². The summed E-state index contributed by atoms with van der Waals surface area (Å²) in [4.78, 5) is 21.9. The summed E-state index contributed by atoms with van der Waals surface area (Å²) in [6.45, 7) is 0. The van der Waals surface area contributed by atoms with Crippen LogP contribution < -0.4 is 0 Å². The predicted octanol–water partition coefficient (Wildman–Crippen LogP) is 5.06. The van der Waals surface area contributed by atoms with Gasteiger partial charge in [0.15, 0.2) is 0 Å². The minimum Gasteiger partial charge on any atom is -0.481 e. The lowest BCUT2D eigenvalue weighted by molar-refractivity contribution is -0.138. The van der Waals surface area contributed by atoms with Crippen LogP contribution in [-0.2, 0) is 9.59 Å². The fourth-order valence-corrected chi connectivity index (χ4v) is 3.55. The number of carboxylic acid groups (broad SMARTS) is 2. The van der Waals surface area contributed by atoms with Crippen LogP contribution in [-0.4, -0.2) is 22.2 Å². The maximum atomic E-state index is 10.9. The lowest BCUT2D eigenvalue weighted by Crippen LogP contribution is -2.13. The first-order valence-corrected chi connectivity index (χ1v) is 9.11. The van der Waals surface area contributed by atoms with Gasteiger partial charge in [-0.15, -0.1) is 0 Å². The molecule has 0 aliphatic rings. The molecule has 0 aliphatic carbocycles. The lowest BCUT2D eigenvalue weighted by atomic mass is 9.76. The first-order chi connectivity index (χ1) is 12.6. The molecule has 0 amide bonds. The Bertz CT molecular complexity index is 620. The van der Waals surface area contributed by atoms with Gasteiger partial charge in [0, 0.05) is 12.8 Å². The number of aliphatic carboxylic acids is 2. The Labute approximate surface area is 154 Å². The first kappa shape index (κ1) is 19.7. The van der Waals surface area contributed by atoms with Gasteiger partial charge in [-0.1, -0.05) is 60.7 Å². The molecule has 0 radical (unpaired) electrons. The topological polar surface area (TPSA) is 74.6 Å². The Hall–Kier alpha value is -2.62. The van der Waals surface area contributed by atoms with Crippen molar-refractivity contribution in [3.63, 3.8) is 0 Å². The zero-order chi connectivity index (χ0) is 18.8. The molecule has 4 nitrogen and oxygen atoms in total. The Balaban J connectivity index is 2.26. The van der Waals surface area contributed by atoms with Crippen LogP contribution in [0.3, 0.4) is 0 Å². The van der Waals surface area contributed by atoms with Gasteiger partial charge in [-0.2, -0.15) is 0 Å². The zero-order valence-electron chi connectivity index (χ0n) is 14.9. The second-order valence-corrected chi connectivity index (χ2v) is 6.61. The number of carboxylic acids is 2. The smallest absolute Gasteiger partial charge is 0.303 e. The van der Waals surface area contributed by atoms with Crippen molar-refractivity contribution < 1.29 is 19.8 Å². The zero-order valence-corrected chi connectivity index (χ0v) is 14.9. The number of hydrogen-bond acceptors (Lipinski definition) is 2. The molecule has 0 heterocycles. The van der Waals surface area contributed by atoms with Gasteiger partial charge in [-0.05, 0) is 48.6 Å². The summed E-state index contributed by atoms with van der Waals surface area (Å²) in [6, 6.07) is 20.3. The Kier molecular flexibility index (Phi) is 7.87. The lowest BCUT2D eigenvalue weighted by Gasteiger charge is -2.28. The van der Waals surface area contributed by atoms with E-state index in [-0.39, 0.29) is 24.7 Å². The van der Waals surface area contributed by atoms with Crippen LogP contribution in [0.5, 0.6) is 0 Å². The summed E-state index contributed by atoms with van der Waals surface area (Å²) in [5.41, 5.74) is 2.36. The summed E-state index contributed by atoms with van der Waals surface area (Å²) in [7, 11) is 0. The van der Waals surface area contributed by atoms with E-state index < -0.39 is 11.9 Å². The van der Waals surface area contributed by atoms with Crippen molar-refractivity contribution in [2.45, 2.75) is 50.4 Å². The molecule has 0 spiro atoms. The molecule has 0 saturated carbocycles. The third-order valence-corrected chi connectivity index (χ3v) is 4.75. The van der Waals surface area contributed by atoms with Crippen LogP contribution in [0.1, 0.15) is 61.5 Å². The highest BCUT2D eigenvalue weighted by Gasteiger charge is 2.24. The van der Waals surface area contributed by atoms with Crippen molar-refractivity contribution in [3.05, 3.63) is 71.8 Å². The van der Waals surface area contributed by atoms with Crippen molar-refractivity contribution >= 4 is 11.9 Å². The molecule has 26 heavy (non-hydrogen) atoms. The first-order valence-electron chi connectivity index (χ1n) is 9.11. The van der Waals surface area contributed by atoms with E-state index in [9.17, 15) is 9.59 Å². The Morgan fingerprint density at radius 2 is 1.00 bits per heavy atom. The van der Waals surface area contributed by atoms with Crippen molar-refractivity contribution in [2.24, 2.45) is 0 Å². The molecule has 2 unspecified atom stereocenters. The monoisotopic (exact) mass is 354 g/mol. The van der Waals surface area contributed by atoms with Crippen molar-refractivity contribution in [1.29, 1.82) is 0 Å². The SMILES string of the molecule is O=C(O)CCCC(c1ccccc1)C(CCCC(=O)O)c1ccccc1. The van der Waals surface area contributed by atoms with Crippen LogP contribution in [0.25, 0.3) is 0 Å². The fraction of sp³-hybridized carbons (Fsp3) is 0.364. The van der Waals surface area contributed by atoms with Crippen LogP contribution >= 0.6 is 0 Å². The normalized spacial score (nSPS) is 13.1. The quantitative estimate of drug-likeness (QED) is 0.591. The molecular formula is C22H26O4. The van der Waals surface area contributed by atoms with E-state index in [1.807, 2.05) is 36.4 Å². The van der Waals surface area contributed by atoms with Gasteiger partial charge in [-0.25, -0.2) is 0 Å². The number of benzene rings is 2. The minimum atomic E-state index is -0.779. The molecule has 2 N–H and O–H groups in total. The predicted molar refractivity (Wildman–Crippen MR) is 101 cm³/mol. The highest BCUT2D eigenvalue weighted by molar-refractivity contribution is 5.66. The van der Waals surface area contributed by atoms with E-state index >= 15 is 0 Å². The van der Waals surface area contributed by atoms with Gasteiger partial charge in [0.1, 0.15) is 0 Å². The molecule has 138 valence electrons. The molecular weight excluding hydrogens is 328 g/mol. The molecule has 0 aliphatic heterocycles. The van der Waals surface area contributed by atoms with Gasteiger partial charge in [0.05, 0.1) is 0 Å². The maximum Gasteiger partial charge on any atom is 0.303 e. The summed E-state index contributed by atoms with van der Waals surface area (Å²) in [5.74, 6) is -1.21. The molecule has 0 aromatic heterocycles. The molecule has 2 atom stereocenters. The summed E-state index contributed by atoms with van der Waals surface area (Å²) in [5, 5.41) is 18.0. The van der Waals surface area contributed by atoms with Crippen molar-refractivity contribution in [3.8, 4) is 0 Å². The molecule has 2 aromatic carbocycles. The van der Waals surface area contributed by atoms with Crippen molar-refractivity contribution in [2.75, 3.05) is 0 Å². The van der Waals surface area contributed by atoms with Gasteiger partial charge in [0.25, 0.3) is 0 Å². The van der Waals surface area contributed by atoms with Crippen LogP contribution in [0.15, 0.2) is 60.7 Å². The van der Waals surface area contributed by atoms with E-state index in [1.54, 1.807) is 0 Å². The molecule has 4 heteroatoms. The van der Waals surface area contributed by atoms with Crippen molar-refractivity contribution in [1.82, 2.24) is 0 Å². The van der Waals surface area contributed by atoms with Gasteiger partial charge < -0.3 is 10.2 Å². The van der Waals surface area contributed by atoms with E-state index in [1.165, 1.54) is 11.1 Å². The van der Waals surface area contributed by atoms with E-state index in [0.717, 1.165) is 12.8 Å². The van der Waals surface area contributed by atoms with Gasteiger partial charge in [-0.3, -0.25) is 9.59 Å². The number of carbonyl (C=O) groups is 2. The van der Waals surface area contributed by atoms with E-state index in [2.05, 4.69) is 24.3 Å². The Morgan fingerprint density at radius 3 is 1.31 bits per heavy atom. The van der Waals surface area contributed by atoms with Gasteiger partial charge in [0.2, 0.25) is 0 Å². The number of rotatable bonds is 11. The molecule has 2 rings (SSSR count). The second kappa shape index (κ2) is 10.4. The van der Waals surface area contributed by atoms with E-state index in [0.29, 0.717) is 12.8 Å². The fourth-order valence-electron chi connectivity index (χ4n) is 3.55. The third kappa shape index (κ3) is 6.36. The minimum absolute atomic E-state index is 0.153. The molecule has 0 bridgehead atoms. The van der Waals surface area contributed by atoms with Crippen LogP contribution in [0, 0.1) is 0 Å². The molecule has 0 fully saturated rings. The highest BCUT2D eigenvalue weighted by Crippen LogP contribution is 2.40.